The van der Waals surface area contributed by atoms with Gasteiger partial charge in [0, 0.05) is 6.08 Å². The summed E-state index contributed by atoms with van der Waals surface area (Å²) in [7, 11) is 0. The number of aryl methyl sites for hydroxylation is 2. The first kappa shape index (κ1) is 24.3. The lowest BCUT2D eigenvalue weighted by Crippen LogP contribution is -2.20. The van der Waals surface area contributed by atoms with Crippen molar-refractivity contribution in [3.63, 3.8) is 0 Å². The molecule has 0 fully saturated rings. The van der Waals surface area contributed by atoms with Gasteiger partial charge in [-0.05, 0) is 68.2 Å². The van der Waals surface area contributed by atoms with Crippen molar-refractivity contribution in [2.45, 2.75) is 34.1 Å². The Bertz CT molecular complexity index is 932. The molecule has 0 bridgehead atoms. The van der Waals surface area contributed by atoms with Gasteiger partial charge in [-0.25, -0.2) is 4.79 Å². The van der Waals surface area contributed by atoms with Crippen LogP contribution in [0.5, 0.6) is 11.5 Å². The first-order valence-electron chi connectivity index (χ1n) is 10.1. The standard InChI is InChI=1S/C24H28ClNO5/c1-5-11-30-20-9-7-18(14-21(20)29-6-2)8-10-23(28)31-15-22(27)26-24-17(4)12-16(3)13-19(24)25/h7-10,12-14H,5-6,11,15H2,1-4H3,(H,26,27)/b10-8+. The second-order valence-electron chi connectivity index (χ2n) is 6.92. The molecule has 2 rings (SSSR count). The van der Waals surface area contributed by atoms with E-state index >= 15 is 0 Å². The zero-order chi connectivity index (χ0) is 22.8. The molecule has 0 aliphatic carbocycles. The Labute approximate surface area is 188 Å². The van der Waals surface area contributed by atoms with Gasteiger partial charge in [0.05, 0.1) is 23.9 Å². The van der Waals surface area contributed by atoms with Crippen LogP contribution in [-0.4, -0.2) is 31.7 Å². The second-order valence-corrected chi connectivity index (χ2v) is 7.32. The van der Waals surface area contributed by atoms with Crippen LogP contribution in [0.1, 0.15) is 37.0 Å². The number of carbonyl (C=O) groups excluding carboxylic acids is 2. The summed E-state index contributed by atoms with van der Waals surface area (Å²) in [6.45, 7) is 8.36. The normalized spacial score (nSPS) is 10.7. The number of hydrogen-bond donors (Lipinski definition) is 1. The molecule has 0 saturated carbocycles. The molecule has 2 aromatic rings. The van der Waals surface area contributed by atoms with Crippen LogP contribution in [0.3, 0.4) is 0 Å². The fourth-order valence-corrected chi connectivity index (χ4v) is 3.19. The van der Waals surface area contributed by atoms with Gasteiger partial charge in [-0.15, -0.1) is 0 Å². The molecule has 0 aliphatic heterocycles. The highest BCUT2D eigenvalue weighted by atomic mass is 35.5. The molecule has 2 aromatic carbocycles. The molecule has 1 N–H and O–H groups in total. The van der Waals surface area contributed by atoms with Crippen LogP contribution in [0, 0.1) is 13.8 Å². The van der Waals surface area contributed by atoms with E-state index in [0.29, 0.717) is 35.4 Å². The van der Waals surface area contributed by atoms with Crippen molar-refractivity contribution >= 4 is 35.2 Å². The quantitative estimate of drug-likeness (QED) is 0.394. The van der Waals surface area contributed by atoms with E-state index in [0.717, 1.165) is 23.1 Å². The minimum absolute atomic E-state index is 0.416. The molecule has 7 heteroatoms. The first-order valence-corrected chi connectivity index (χ1v) is 10.5. The third-order valence-electron chi connectivity index (χ3n) is 4.18. The van der Waals surface area contributed by atoms with Crippen LogP contribution < -0.4 is 14.8 Å². The van der Waals surface area contributed by atoms with Gasteiger partial charge in [-0.2, -0.15) is 0 Å². The van der Waals surface area contributed by atoms with Crippen LogP contribution in [0.15, 0.2) is 36.4 Å². The van der Waals surface area contributed by atoms with Crippen LogP contribution in [0.4, 0.5) is 5.69 Å². The molecule has 6 nitrogen and oxygen atoms in total. The maximum Gasteiger partial charge on any atom is 0.331 e. The van der Waals surface area contributed by atoms with Crippen molar-refractivity contribution in [3.05, 3.63) is 58.1 Å². The van der Waals surface area contributed by atoms with Crippen molar-refractivity contribution in [3.8, 4) is 11.5 Å². The number of benzene rings is 2. The monoisotopic (exact) mass is 445 g/mol. The highest BCUT2D eigenvalue weighted by molar-refractivity contribution is 6.34. The van der Waals surface area contributed by atoms with E-state index in [1.54, 1.807) is 24.3 Å². The first-order chi connectivity index (χ1) is 14.8. The number of carbonyl (C=O) groups is 2. The largest absolute Gasteiger partial charge is 0.490 e. The predicted molar refractivity (Wildman–Crippen MR) is 123 cm³/mol. The third kappa shape index (κ3) is 7.64. The van der Waals surface area contributed by atoms with Gasteiger partial charge in [-0.3, -0.25) is 4.79 Å². The van der Waals surface area contributed by atoms with E-state index in [2.05, 4.69) is 5.32 Å². The van der Waals surface area contributed by atoms with Crippen molar-refractivity contribution < 1.29 is 23.8 Å². The molecular formula is C24H28ClNO5. The number of amides is 1. The lowest BCUT2D eigenvalue weighted by atomic mass is 10.1. The highest BCUT2D eigenvalue weighted by Gasteiger charge is 2.11. The summed E-state index contributed by atoms with van der Waals surface area (Å²) in [4.78, 5) is 24.1. The molecule has 0 aliphatic rings. The maximum absolute atomic E-state index is 12.1. The Morgan fingerprint density at radius 1 is 1.06 bits per heavy atom. The molecule has 166 valence electrons. The van der Waals surface area contributed by atoms with E-state index in [9.17, 15) is 9.59 Å². The SMILES string of the molecule is CCCOc1ccc(/C=C/C(=O)OCC(=O)Nc2c(C)cc(C)cc2Cl)cc1OCC. The minimum atomic E-state index is -0.633. The molecule has 0 spiro atoms. The Kier molecular flexibility index (Phi) is 9.40. The Balaban J connectivity index is 1.93. The average molecular weight is 446 g/mol. The lowest BCUT2D eigenvalue weighted by Gasteiger charge is -2.12. The summed E-state index contributed by atoms with van der Waals surface area (Å²) in [6.07, 6.45) is 3.74. The van der Waals surface area contributed by atoms with E-state index < -0.39 is 18.5 Å². The minimum Gasteiger partial charge on any atom is -0.490 e. The topological polar surface area (TPSA) is 73.9 Å². The molecular weight excluding hydrogens is 418 g/mol. The molecule has 0 heterocycles. The van der Waals surface area contributed by atoms with E-state index in [1.165, 1.54) is 6.08 Å². The van der Waals surface area contributed by atoms with Crippen molar-refractivity contribution in [1.29, 1.82) is 0 Å². The Hall–Kier alpha value is -2.99. The summed E-state index contributed by atoms with van der Waals surface area (Å²) in [5.41, 5.74) is 3.09. The number of ether oxygens (including phenoxy) is 3. The molecule has 0 unspecified atom stereocenters. The molecule has 31 heavy (non-hydrogen) atoms. The Morgan fingerprint density at radius 3 is 2.52 bits per heavy atom. The fraction of sp³-hybridized carbons (Fsp3) is 0.333. The molecule has 0 saturated heterocycles. The highest BCUT2D eigenvalue weighted by Crippen LogP contribution is 2.29. The predicted octanol–water partition coefficient (Wildman–Crippen LogP) is 5.34. The molecule has 0 atom stereocenters. The van der Waals surface area contributed by atoms with Crippen LogP contribution in [0.25, 0.3) is 6.08 Å². The number of esters is 1. The van der Waals surface area contributed by atoms with Gasteiger partial charge < -0.3 is 19.5 Å². The van der Waals surface area contributed by atoms with Gasteiger partial charge in [-0.1, -0.05) is 30.7 Å². The lowest BCUT2D eigenvalue weighted by molar-refractivity contribution is -0.142. The summed E-state index contributed by atoms with van der Waals surface area (Å²) in [6, 6.07) is 9.06. The van der Waals surface area contributed by atoms with Gasteiger partial charge in [0.1, 0.15) is 0 Å². The van der Waals surface area contributed by atoms with Crippen molar-refractivity contribution in [1.82, 2.24) is 0 Å². The average Bonchev–Trinajstić information content (AvgIpc) is 2.72. The van der Waals surface area contributed by atoms with Crippen molar-refractivity contribution in [2.24, 2.45) is 0 Å². The maximum atomic E-state index is 12.1. The van der Waals surface area contributed by atoms with E-state index in [1.807, 2.05) is 39.8 Å². The number of nitrogens with one attached hydrogen (secondary N) is 1. The molecule has 1 amide bonds. The van der Waals surface area contributed by atoms with Crippen molar-refractivity contribution in [2.75, 3.05) is 25.1 Å². The summed E-state index contributed by atoms with van der Waals surface area (Å²) < 4.78 is 16.3. The van der Waals surface area contributed by atoms with Crippen LogP contribution >= 0.6 is 11.6 Å². The van der Waals surface area contributed by atoms with Crippen LogP contribution in [-0.2, 0) is 14.3 Å². The fourth-order valence-electron chi connectivity index (χ4n) is 2.83. The van der Waals surface area contributed by atoms with E-state index in [4.69, 9.17) is 25.8 Å². The number of rotatable bonds is 10. The number of halogens is 1. The van der Waals surface area contributed by atoms with Gasteiger partial charge in [0.15, 0.2) is 18.1 Å². The van der Waals surface area contributed by atoms with Gasteiger partial charge >= 0.3 is 5.97 Å². The van der Waals surface area contributed by atoms with E-state index in [-0.39, 0.29) is 0 Å². The number of anilines is 1. The zero-order valence-electron chi connectivity index (χ0n) is 18.3. The second kappa shape index (κ2) is 12.0. The van der Waals surface area contributed by atoms with Crippen LogP contribution in [0.2, 0.25) is 5.02 Å². The third-order valence-corrected chi connectivity index (χ3v) is 4.48. The Morgan fingerprint density at radius 2 is 1.84 bits per heavy atom. The summed E-state index contributed by atoms with van der Waals surface area (Å²) >= 11 is 6.18. The van der Waals surface area contributed by atoms with Gasteiger partial charge in [0.25, 0.3) is 5.91 Å². The zero-order valence-corrected chi connectivity index (χ0v) is 19.0. The smallest absolute Gasteiger partial charge is 0.331 e. The van der Waals surface area contributed by atoms with Gasteiger partial charge in [0.2, 0.25) is 0 Å². The molecule has 0 radical (unpaired) electrons. The number of hydrogen-bond acceptors (Lipinski definition) is 5. The molecule has 0 aromatic heterocycles. The summed E-state index contributed by atoms with van der Waals surface area (Å²) in [5, 5.41) is 3.12. The summed E-state index contributed by atoms with van der Waals surface area (Å²) in [5.74, 6) is 0.166.